The summed E-state index contributed by atoms with van der Waals surface area (Å²) in [7, 11) is 3.22. The predicted molar refractivity (Wildman–Crippen MR) is 50.5 cm³/mol. The van der Waals surface area contributed by atoms with Crippen LogP contribution in [0, 0.1) is 0 Å². The Hall–Kier alpha value is -0.940. The Morgan fingerprint density at radius 3 is 2.57 bits per heavy atom. The molecule has 1 heterocycles. The molecule has 0 bridgehead atoms. The summed E-state index contributed by atoms with van der Waals surface area (Å²) in [4.78, 5) is 25.6. The number of likely N-dealkylation sites (N-methyl/N-ethyl adjacent to an activating group) is 2. The average Bonchev–Trinajstić information content (AvgIpc) is 2.32. The van der Waals surface area contributed by atoms with Crippen molar-refractivity contribution in [2.45, 2.75) is 25.5 Å². The van der Waals surface area contributed by atoms with Gasteiger partial charge in [-0.05, 0) is 14.0 Å². The van der Waals surface area contributed by atoms with Gasteiger partial charge in [-0.1, -0.05) is 0 Å². The van der Waals surface area contributed by atoms with Crippen LogP contribution in [0.5, 0.6) is 0 Å². The minimum Gasteiger partial charge on any atom is -0.392 e. The van der Waals surface area contributed by atoms with Gasteiger partial charge < -0.3 is 5.11 Å². The van der Waals surface area contributed by atoms with Gasteiger partial charge in [-0.3, -0.25) is 19.4 Å². The lowest BCUT2D eigenvalue weighted by molar-refractivity contribution is -0.138. The van der Waals surface area contributed by atoms with Crippen molar-refractivity contribution in [1.82, 2.24) is 9.80 Å². The van der Waals surface area contributed by atoms with Crippen molar-refractivity contribution in [1.29, 1.82) is 0 Å². The van der Waals surface area contributed by atoms with E-state index in [1.807, 2.05) is 0 Å². The third-order valence-electron chi connectivity index (χ3n) is 2.44. The second kappa shape index (κ2) is 4.06. The lowest BCUT2D eigenvalue weighted by Gasteiger charge is -2.23. The van der Waals surface area contributed by atoms with Crippen LogP contribution in [-0.2, 0) is 9.59 Å². The van der Waals surface area contributed by atoms with Crippen LogP contribution in [-0.4, -0.2) is 59.5 Å². The van der Waals surface area contributed by atoms with Crippen LogP contribution >= 0.6 is 0 Å². The van der Waals surface area contributed by atoms with Crippen LogP contribution in [0.2, 0.25) is 0 Å². The fourth-order valence-corrected chi connectivity index (χ4v) is 1.62. The number of imide groups is 1. The standard InChI is InChI=1S/C9H16N2O3/c1-6(12)5-10(2)7-4-8(13)11(3)9(7)14/h6-7,12H,4-5H2,1-3H3. The zero-order chi connectivity index (χ0) is 10.9. The molecule has 0 aromatic rings. The number of hydrogen-bond donors (Lipinski definition) is 1. The lowest BCUT2D eigenvalue weighted by atomic mass is 10.2. The summed E-state index contributed by atoms with van der Waals surface area (Å²) < 4.78 is 0. The van der Waals surface area contributed by atoms with Gasteiger partial charge >= 0.3 is 0 Å². The van der Waals surface area contributed by atoms with E-state index < -0.39 is 12.1 Å². The molecule has 1 fully saturated rings. The number of aliphatic hydroxyl groups excluding tert-OH is 1. The smallest absolute Gasteiger partial charge is 0.246 e. The van der Waals surface area contributed by atoms with E-state index in [0.29, 0.717) is 6.54 Å². The molecule has 1 rings (SSSR count). The lowest BCUT2D eigenvalue weighted by Crippen LogP contribution is -2.41. The van der Waals surface area contributed by atoms with E-state index in [9.17, 15) is 9.59 Å². The first-order chi connectivity index (χ1) is 6.43. The molecule has 0 radical (unpaired) electrons. The molecule has 80 valence electrons. The van der Waals surface area contributed by atoms with Gasteiger partial charge in [-0.2, -0.15) is 0 Å². The first kappa shape index (κ1) is 11.1. The van der Waals surface area contributed by atoms with Crippen molar-refractivity contribution in [2.24, 2.45) is 0 Å². The monoisotopic (exact) mass is 200 g/mol. The Balaban J connectivity index is 2.62. The maximum atomic E-state index is 11.5. The van der Waals surface area contributed by atoms with Crippen molar-refractivity contribution in [3.05, 3.63) is 0 Å². The molecule has 0 spiro atoms. The minimum absolute atomic E-state index is 0.155. The summed E-state index contributed by atoms with van der Waals surface area (Å²) in [6, 6.07) is -0.401. The fraction of sp³-hybridized carbons (Fsp3) is 0.778. The molecule has 2 unspecified atom stereocenters. The third kappa shape index (κ3) is 2.10. The van der Waals surface area contributed by atoms with Crippen LogP contribution in [0.15, 0.2) is 0 Å². The molecule has 0 aromatic carbocycles. The molecule has 0 aromatic heterocycles. The Bertz CT molecular complexity index is 252. The van der Waals surface area contributed by atoms with Crippen LogP contribution in [0.25, 0.3) is 0 Å². The molecule has 2 amide bonds. The number of likely N-dealkylation sites (tertiary alicyclic amines) is 1. The average molecular weight is 200 g/mol. The molecule has 0 saturated carbocycles. The second-order valence-corrected chi connectivity index (χ2v) is 3.80. The van der Waals surface area contributed by atoms with E-state index in [2.05, 4.69) is 0 Å². The summed E-state index contributed by atoms with van der Waals surface area (Å²) in [6.07, 6.45) is -0.271. The highest BCUT2D eigenvalue weighted by molar-refractivity contribution is 6.05. The van der Waals surface area contributed by atoms with Crippen molar-refractivity contribution in [3.63, 3.8) is 0 Å². The van der Waals surface area contributed by atoms with Crippen molar-refractivity contribution in [3.8, 4) is 0 Å². The fourth-order valence-electron chi connectivity index (χ4n) is 1.62. The number of nitrogens with zero attached hydrogens (tertiary/aromatic N) is 2. The van der Waals surface area contributed by atoms with Gasteiger partial charge in [0.05, 0.1) is 18.6 Å². The van der Waals surface area contributed by atoms with E-state index in [4.69, 9.17) is 5.11 Å². The maximum Gasteiger partial charge on any atom is 0.246 e. The maximum absolute atomic E-state index is 11.5. The Morgan fingerprint density at radius 2 is 2.21 bits per heavy atom. The Morgan fingerprint density at radius 1 is 1.64 bits per heavy atom. The molecule has 0 aliphatic carbocycles. The van der Waals surface area contributed by atoms with Crippen LogP contribution in [0.3, 0.4) is 0 Å². The zero-order valence-electron chi connectivity index (χ0n) is 8.73. The minimum atomic E-state index is -0.492. The summed E-state index contributed by atoms with van der Waals surface area (Å²) in [5.74, 6) is -0.337. The van der Waals surface area contributed by atoms with Crippen molar-refractivity contribution in [2.75, 3.05) is 20.6 Å². The molecule has 2 atom stereocenters. The summed E-state index contributed by atoms with van der Waals surface area (Å²) >= 11 is 0. The normalized spacial score (nSPS) is 24.9. The first-order valence-corrected chi connectivity index (χ1v) is 4.62. The molecule has 1 saturated heterocycles. The first-order valence-electron chi connectivity index (χ1n) is 4.62. The number of carbonyl (C=O) groups is 2. The van der Waals surface area contributed by atoms with Crippen molar-refractivity contribution < 1.29 is 14.7 Å². The number of carbonyl (C=O) groups excluding carboxylic acids is 2. The quantitative estimate of drug-likeness (QED) is 0.597. The highest BCUT2D eigenvalue weighted by atomic mass is 16.3. The number of hydrogen-bond acceptors (Lipinski definition) is 4. The highest BCUT2D eigenvalue weighted by Crippen LogP contribution is 2.15. The van der Waals surface area contributed by atoms with E-state index in [-0.39, 0.29) is 18.2 Å². The topological polar surface area (TPSA) is 60.9 Å². The van der Waals surface area contributed by atoms with E-state index in [0.717, 1.165) is 4.90 Å². The molecular formula is C9H16N2O3. The molecule has 1 aliphatic heterocycles. The molecule has 1 aliphatic rings. The largest absolute Gasteiger partial charge is 0.392 e. The highest BCUT2D eigenvalue weighted by Gasteiger charge is 2.38. The third-order valence-corrected chi connectivity index (χ3v) is 2.44. The van der Waals surface area contributed by atoms with Crippen LogP contribution in [0.1, 0.15) is 13.3 Å². The number of rotatable bonds is 3. The number of aliphatic hydroxyl groups is 1. The molecule has 1 N–H and O–H groups in total. The summed E-state index contributed by atoms with van der Waals surface area (Å²) in [5.41, 5.74) is 0. The van der Waals surface area contributed by atoms with Gasteiger partial charge in [-0.25, -0.2) is 0 Å². The Kier molecular flexibility index (Phi) is 3.23. The van der Waals surface area contributed by atoms with E-state index in [1.54, 1.807) is 18.9 Å². The summed E-state index contributed by atoms with van der Waals surface area (Å²) in [6.45, 7) is 2.05. The van der Waals surface area contributed by atoms with Gasteiger partial charge in [0, 0.05) is 13.6 Å². The van der Waals surface area contributed by atoms with Crippen LogP contribution in [0.4, 0.5) is 0 Å². The van der Waals surface area contributed by atoms with Crippen LogP contribution < -0.4 is 0 Å². The van der Waals surface area contributed by atoms with E-state index in [1.165, 1.54) is 7.05 Å². The molecule has 5 heteroatoms. The van der Waals surface area contributed by atoms with Gasteiger partial charge in [-0.15, -0.1) is 0 Å². The van der Waals surface area contributed by atoms with Gasteiger partial charge in [0.15, 0.2) is 0 Å². The van der Waals surface area contributed by atoms with E-state index >= 15 is 0 Å². The SMILES string of the molecule is CC(O)CN(C)C1CC(=O)N(C)C1=O. The number of amides is 2. The predicted octanol–water partition coefficient (Wildman–Crippen LogP) is -0.944. The molecule has 5 nitrogen and oxygen atoms in total. The van der Waals surface area contributed by atoms with Gasteiger partial charge in [0.2, 0.25) is 11.8 Å². The molecular weight excluding hydrogens is 184 g/mol. The summed E-state index contributed by atoms with van der Waals surface area (Å²) in [5, 5.41) is 9.15. The zero-order valence-corrected chi connectivity index (χ0v) is 8.73. The van der Waals surface area contributed by atoms with Gasteiger partial charge in [0.25, 0.3) is 0 Å². The van der Waals surface area contributed by atoms with Gasteiger partial charge in [0.1, 0.15) is 0 Å². The second-order valence-electron chi connectivity index (χ2n) is 3.80. The molecule has 14 heavy (non-hydrogen) atoms. The Labute approximate surface area is 83.3 Å². The van der Waals surface area contributed by atoms with Crippen molar-refractivity contribution >= 4 is 11.8 Å².